The van der Waals surface area contributed by atoms with Gasteiger partial charge in [0.25, 0.3) is 0 Å². The van der Waals surface area contributed by atoms with Crippen LogP contribution in [0.25, 0.3) is 0 Å². The SMILES string of the molecule is CCOC(=O)CC(C)(C)c1ccc(OC)cc1. The number of hydrogen-bond acceptors (Lipinski definition) is 3. The van der Waals surface area contributed by atoms with Crippen LogP contribution in [0.4, 0.5) is 0 Å². The highest BCUT2D eigenvalue weighted by Gasteiger charge is 2.24. The predicted molar refractivity (Wildman–Crippen MR) is 67.3 cm³/mol. The van der Waals surface area contributed by atoms with Crippen molar-refractivity contribution in [1.29, 1.82) is 0 Å². The van der Waals surface area contributed by atoms with Crippen LogP contribution < -0.4 is 4.74 Å². The summed E-state index contributed by atoms with van der Waals surface area (Å²) in [6, 6.07) is 7.78. The van der Waals surface area contributed by atoms with E-state index in [-0.39, 0.29) is 11.4 Å². The molecule has 1 aromatic rings. The molecule has 0 aromatic heterocycles. The van der Waals surface area contributed by atoms with E-state index in [2.05, 4.69) is 0 Å². The topological polar surface area (TPSA) is 35.5 Å². The minimum atomic E-state index is -0.224. The molecule has 0 spiro atoms. The lowest BCUT2D eigenvalue weighted by molar-refractivity contribution is -0.144. The molecule has 0 unspecified atom stereocenters. The molecule has 0 radical (unpaired) electrons. The lowest BCUT2D eigenvalue weighted by Crippen LogP contribution is -2.23. The Morgan fingerprint density at radius 2 is 1.82 bits per heavy atom. The van der Waals surface area contributed by atoms with Gasteiger partial charge in [-0.05, 0) is 24.6 Å². The number of benzene rings is 1. The molecule has 0 aliphatic carbocycles. The first-order valence-corrected chi connectivity index (χ1v) is 5.79. The highest BCUT2D eigenvalue weighted by atomic mass is 16.5. The second-order valence-corrected chi connectivity index (χ2v) is 4.59. The van der Waals surface area contributed by atoms with E-state index >= 15 is 0 Å². The molecule has 0 saturated heterocycles. The fraction of sp³-hybridized carbons (Fsp3) is 0.500. The fourth-order valence-corrected chi connectivity index (χ4v) is 1.72. The van der Waals surface area contributed by atoms with E-state index in [1.165, 1.54) is 0 Å². The molecule has 94 valence electrons. The Hall–Kier alpha value is -1.51. The smallest absolute Gasteiger partial charge is 0.306 e. The quantitative estimate of drug-likeness (QED) is 0.737. The van der Waals surface area contributed by atoms with Crippen LogP contribution in [-0.4, -0.2) is 19.7 Å². The van der Waals surface area contributed by atoms with Crippen LogP contribution in [0.2, 0.25) is 0 Å². The molecule has 0 fully saturated rings. The Bertz CT molecular complexity index is 366. The number of hydrogen-bond donors (Lipinski definition) is 0. The van der Waals surface area contributed by atoms with Gasteiger partial charge in [0.15, 0.2) is 0 Å². The van der Waals surface area contributed by atoms with Crippen molar-refractivity contribution >= 4 is 5.97 Å². The number of esters is 1. The lowest BCUT2D eigenvalue weighted by atomic mass is 9.81. The van der Waals surface area contributed by atoms with Crippen molar-refractivity contribution in [2.45, 2.75) is 32.6 Å². The summed E-state index contributed by atoms with van der Waals surface area (Å²) in [5.41, 5.74) is 0.879. The fourth-order valence-electron chi connectivity index (χ4n) is 1.72. The number of rotatable bonds is 5. The van der Waals surface area contributed by atoms with Crippen molar-refractivity contribution in [3.8, 4) is 5.75 Å². The Morgan fingerprint density at radius 3 is 2.29 bits per heavy atom. The van der Waals surface area contributed by atoms with Gasteiger partial charge in [0.05, 0.1) is 20.1 Å². The molecule has 3 heteroatoms. The van der Waals surface area contributed by atoms with Gasteiger partial charge >= 0.3 is 5.97 Å². The van der Waals surface area contributed by atoms with Crippen LogP contribution >= 0.6 is 0 Å². The Labute approximate surface area is 103 Å². The van der Waals surface area contributed by atoms with Crippen molar-refractivity contribution in [3.63, 3.8) is 0 Å². The molecule has 1 rings (SSSR count). The zero-order valence-corrected chi connectivity index (χ0v) is 10.9. The summed E-state index contributed by atoms with van der Waals surface area (Å²) in [4.78, 5) is 11.5. The van der Waals surface area contributed by atoms with Crippen LogP contribution in [0.1, 0.15) is 32.8 Å². The third kappa shape index (κ3) is 3.77. The second-order valence-electron chi connectivity index (χ2n) is 4.59. The highest BCUT2D eigenvalue weighted by Crippen LogP contribution is 2.28. The van der Waals surface area contributed by atoms with Gasteiger partial charge in [0.1, 0.15) is 5.75 Å². The van der Waals surface area contributed by atoms with Gasteiger partial charge in [-0.2, -0.15) is 0 Å². The standard InChI is InChI=1S/C14H20O3/c1-5-17-13(15)10-14(2,3)11-6-8-12(16-4)9-7-11/h6-9H,5,10H2,1-4H3. The van der Waals surface area contributed by atoms with Gasteiger partial charge in [0, 0.05) is 5.41 Å². The van der Waals surface area contributed by atoms with E-state index in [9.17, 15) is 4.79 Å². The van der Waals surface area contributed by atoms with Crippen molar-refractivity contribution in [2.24, 2.45) is 0 Å². The van der Waals surface area contributed by atoms with Gasteiger partial charge < -0.3 is 9.47 Å². The van der Waals surface area contributed by atoms with Gasteiger partial charge in [-0.3, -0.25) is 4.79 Å². The highest BCUT2D eigenvalue weighted by molar-refractivity contribution is 5.71. The van der Waals surface area contributed by atoms with E-state index in [0.29, 0.717) is 13.0 Å². The average Bonchev–Trinajstić information content (AvgIpc) is 2.28. The second kappa shape index (κ2) is 5.71. The third-order valence-corrected chi connectivity index (χ3v) is 2.76. The molecule has 0 bridgehead atoms. The largest absolute Gasteiger partial charge is 0.497 e. The first-order chi connectivity index (χ1) is 7.99. The summed E-state index contributed by atoms with van der Waals surface area (Å²) < 4.78 is 10.1. The molecule has 0 amide bonds. The predicted octanol–water partition coefficient (Wildman–Crippen LogP) is 2.93. The van der Waals surface area contributed by atoms with E-state index in [4.69, 9.17) is 9.47 Å². The molecule has 0 heterocycles. The molecular formula is C14H20O3. The van der Waals surface area contributed by atoms with Crippen molar-refractivity contribution < 1.29 is 14.3 Å². The van der Waals surface area contributed by atoms with E-state index < -0.39 is 0 Å². The maximum Gasteiger partial charge on any atom is 0.306 e. The molecule has 0 saturated carbocycles. The Kier molecular flexibility index (Phi) is 4.55. The summed E-state index contributed by atoms with van der Waals surface area (Å²) in [5.74, 6) is 0.661. The number of carbonyl (C=O) groups excluding carboxylic acids is 1. The van der Waals surface area contributed by atoms with Crippen LogP contribution in [0, 0.1) is 0 Å². The summed E-state index contributed by atoms with van der Waals surface area (Å²) in [5, 5.41) is 0. The van der Waals surface area contributed by atoms with Crippen LogP contribution in [0.3, 0.4) is 0 Å². The summed E-state index contributed by atoms with van der Waals surface area (Å²) in [7, 11) is 1.64. The van der Waals surface area contributed by atoms with Crippen LogP contribution in [0.5, 0.6) is 5.75 Å². The van der Waals surface area contributed by atoms with E-state index in [1.807, 2.05) is 45.0 Å². The maximum atomic E-state index is 11.5. The van der Waals surface area contributed by atoms with Crippen molar-refractivity contribution in [2.75, 3.05) is 13.7 Å². The van der Waals surface area contributed by atoms with Crippen molar-refractivity contribution in [1.82, 2.24) is 0 Å². The minimum absolute atomic E-state index is 0.159. The Morgan fingerprint density at radius 1 is 1.24 bits per heavy atom. The van der Waals surface area contributed by atoms with Gasteiger partial charge in [-0.25, -0.2) is 0 Å². The Balaban J connectivity index is 2.77. The first-order valence-electron chi connectivity index (χ1n) is 5.79. The minimum Gasteiger partial charge on any atom is -0.497 e. The normalized spacial score (nSPS) is 11.1. The molecule has 0 N–H and O–H groups in total. The zero-order valence-electron chi connectivity index (χ0n) is 10.9. The number of carbonyl (C=O) groups is 1. The summed E-state index contributed by atoms with van der Waals surface area (Å²) in [6.07, 6.45) is 0.382. The lowest BCUT2D eigenvalue weighted by Gasteiger charge is -2.24. The molecule has 0 aliphatic heterocycles. The third-order valence-electron chi connectivity index (χ3n) is 2.76. The monoisotopic (exact) mass is 236 g/mol. The zero-order chi connectivity index (χ0) is 12.9. The first kappa shape index (κ1) is 13.6. The van der Waals surface area contributed by atoms with Gasteiger partial charge in [-0.15, -0.1) is 0 Å². The molecule has 17 heavy (non-hydrogen) atoms. The molecule has 0 atom stereocenters. The number of methoxy groups -OCH3 is 1. The van der Waals surface area contributed by atoms with E-state index in [0.717, 1.165) is 11.3 Å². The summed E-state index contributed by atoms with van der Waals surface area (Å²) in [6.45, 7) is 6.31. The van der Waals surface area contributed by atoms with Crippen molar-refractivity contribution in [3.05, 3.63) is 29.8 Å². The molecule has 1 aromatic carbocycles. The molecule has 0 aliphatic rings. The van der Waals surface area contributed by atoms with Gasteiger partial charge in [-0.1, -0.05) is 26.0 Å². The summed E-state index contributed by atoms with van der Waals surface area (Å²) >= 11 is 0. The number of ether oxygens (including phenoxy) is 2. The van der Waals surface area contributed by atoms with E-state index in [1.54, 1.807) is 7.11 Å². The van der Waals surface area contributed by atoms with Crippen LogP contribution in [-0.2, 0) is 14.9 Å². The maximum absolute atomic E-state index is 11.5. The van der Waals surface area contributed by atoms with Crippen LogP contribution in [0.15, 0.2) is 24.3 Å². The van der Waals surface area contributed by atoms with Gasteiger partial charge in [0.2, 0.25) is 0 Å². The molecular weight excluding hydrogens is 216 g/mol. The average molecular weight is 236 g/mol. The molecule has 3 nitrogen and oxygen atoms in total.